The fourth-order valence-corrected chi connectivity index (χ4v) is 5.21. The Labute approximate surface area is 158 Å². The second-order valence-corrected chi connectivity index (χ2v) is 8.81. The molecule has 0 unspecified atom stereocenters. The van der Waals surface area contributed by atoms with Crippen molar-refractivity contribution in [1.82, 2.24) is 14.6 Å². The van der Waals surface area contributed by atoms with Crippen LogP contribution in [0.4, 0.5) is 0 Å². The third-order valence-corrected chi connectivity index (χ3v) is 6.99. The van der Waals surface area contributed by atoms with Crippen molar-refractivity contribution in [2.24, 2.45) is 0 Å². The van der Waals surface area contributed by atoms with Crippen molar-refractivity contribution in [3.8, 4) is 0 Å². The lowest BCUT2D eigenvalue weighted by Crippen LogP contribution is -2.41. The molecule has 0 radical (unpaired) electrons. The van der Waals surface area contributed by atoms with Crippen LogP contribution in [0, 0.1) is 0 Å². The van der Waals surface area contributed by atoms with Gasteiger partial charge in [0.1, 0.15) is 0 Å². The average molecular weight is 383 g/mol. The van der Waals surface area contributed by atoms with Gasteiger partial charge in [0.2, 0.25) is 9.84 Å². The van der Waals surface area contributed by atoms with E-state index in [0.29, 0.717) is 13.0 Å². The van der Waals surface area contributed by atoms with Gasteiger partial charge in [0.25, 0.3) is 0 Å². The van der Waals surface area contributed by atoms with Gasteiger partial charge in [0, 0.05) is 32.4 Å². The number of sulfone groups is 1. The van der Waals surface area contributed by atoms with Crippen molar-refractivity contribution in [3.63, 3.8) is 0 Å². The van der Waals surface area contributed by atoms with E-state index in [4.69, 9.17) is 4.84 Å². The van der Waals surface area contributed by atoms with Gasteiger partial charge in [0.15, 0.2) is 5.44 Å². The SMILES string of the molecule is CN1O[C@@H](S(=O)(=O)c2ccccc2)C[C@@]1(Cn1ccnc1)c1ccccc1. The maximum atomic E-state index is 13.1. The molecule has 0 spiro atoms. The summed E-state index contributed by atoms with van der Waals surface area (Å²) >= 11 is 0. The van der Waals surface area contributed by atoms with Crippen LogP contribution in [0.3, 0.4) is 0 Å². The molecular formula is C20H21N3O3S. The number of imidazole rings is 1. The van der Waals surface area contributed by atoms with Gasteiger partial charge < -0.3 is 4.57 Å². The fraction of sp³-hybridized carbons (Fsp3) is 0.250. The van der Waals surface area contributed by atoms with Crippen molar-refractivity contribution in [2.75, 3.05) is 7.05 Å². The van der Waals surface area contributed by atoms with E-state index in [9.17, 15) is 8.42 Å². The molecule has 1 aliphatic rings. The van der Waals surface area contributed by atoms with Crippen LogP contribution in [-0.4, -0.2) is 35.5 Å². The van der Waals surface area contributed by atoms with Gasteiger partial charge in [-0.15, -0.1) is 0 Å². The lowest BCUT2D eigenvalue weighted by Gasteiger charge is -2.34. The molecule has 7 heteroatoms. The summed E-state index contributed by atoms with van der Waals surface area (Å²) in [5.74, 6) is 0. The van der Waals surface area contributed by atoms with Gasteiger partial charge in [-0.25, -0.2) is 13.4 Å². The van der Waals surface area contributed by atoms with Crippen LogP contribution >= 0.6 is 0 Å². The van der Waals surface area contributed by atoms with Crippen LogP contribution in [0.2, 0.25) is 0 Å². The Kier molecular flexibility index (Phi) is 4.59. The quantitative estimate of drug-likeness (QED) is 0.678. The third-order valence-electron chi connectivity index (χ3n) is 5.12. The molecule has 1 aliphatic heterocycles. The predicted molar refractivity (Wildman–Crippen MR) is 101 cm³/mol. The number of rotatable bonds is 5. The van der Waals surface area contributed by atoms with Gasteiger partial charge >= 0.3 is 0 Å². The van der Waals surface area contributed by atoms with Gasteiger partial charge in [-0.2, -0.15) is 5.06 Å². The molecular weight excluding hydrogens is 362 g/mol. The van der Waals surface area contributed by atoms with E-state index >= 15 is 0 Å². The van der Waals surface area contributed by atoms with Gasteiger partial charge in [-0.3, -0.25) is 4.84 Å². The van der Waals surface area contributed by atoms with Gasteiger partial charge in [0.05, 0.1) is 16.8 Å². The van der Waals surface area contributed by atoms with Crippen molar-refractivity contribution in [2.45, 2.75) is 28.8 Å². The number of benzene rings is 2. The molecule has 6 nitrogen and oxygen atoms in total. The molecule has 140 valence electrons. The Balaban J connectivity index is 1.75. The zero-order chi connectivity index (χ0) is 18.9. The lowest BCUT2D eigenvalue weighted by molar-refractivity contribution is -0.158. The van der Waals surface area contributed by atoms with Crippen molar-refractivity contribution >= 4 is 9.84 Å². The summed E-state index contributed by atoms with van der Waals surface area (Å²) in [5.41, 5.74) is -0.560. The summed E-state index contributed by atoms with van der Waals surface area (Å²) in [6, 6.07) is 18.3. The molecule has 27 heavy (non-hydrogen) atoms. The van der Waals surface area contributed by atoms with E-state index in [1.165, 1.54) is 0 Å². The summed E-state index contributed by atoms with van der Waals surface area (Å²) in [4.78, 5) is 10.3. The van der Waals surface area contributed by atoms with Crippen LogP contribution in [0.25, 0.3) is 0 Å². The Morgan fingerprint density at radius 3 is 2.41 bits per heavy atom. The molecule has 2 heterocycles. The topological polar surface area (TPSA) is 64.4 Å². The van der Waals surface area contributed by atoms with E-state index in [0.717, 1.165) is 5.56 Å². The molecule has 1 aromatic heterocycles. The minimum absolute atomic E-state index is 0.273. The monoisotopic (exact) mass is 383 g/mol. The summed E-state index contributed by atoms with van der Waals surface area (Å²) < 4.78 is 28.2. The van der Waals surface area contributed by atoms with E-state index in [1.54, 1.807) is 55.0 Å². The van der Waals surface area contributed by atoms with Crippen LogP contribution < -0.4 is 0 Å². The smallest absolute Gasteiger partial charge is 0.207 e. The van der Waals surface area contributed by atoms with E-state index in [-0.39, 0.29) is 4.90 Å². The largest absolute Gasteiger partial charge is 0.335 e. The first-order valence-corrected chi connectivity index (χ1v) is 10.3. The number of likely N-dealkylation sites (N-methyl/N-ethyl adjacent to an activating group) is 1. The van der Waals surface area contributed by atoms with Crippen molar-refractivity contribution in [1.29, 1.82) is 0 Å². The van der Waals surface area contributed by atoms with Gasteiger partial charge in [-0.1, -0.05) is 48.5 Å². The minimum Gasteiger partial charge on any atom is -0.335 e. The first kappa shape index (κ1) is 17.9. The Hall–Kier alpha value is -2.48. The Bertz CT molecular complexity index is 991. The maximum Gasteiger partial charge on any atom is 0.207 e. The first-order chi connectivity index (χ1) is 13.0. The van der Waals surface area contributed by atoms with Crippen LogP contribution in [-0.2, 0) is 26.8 Å². The summed E-state index contributed by atoms with van der Waals surface area (Å²) in [7, 11) is -1.82. The van der Waals surface area contributed by atoms with E-state index in [1.807, 2.05) is 41.1 Å². The van der Waals surface area contributed by atoms with Crippen LogP contribution in [0.1, 0.15) is 12.0 Å². The van der Waals surface area contributed by atoms with Crippen molar-refractivity contribution in [3.05, 3.63) is 84.9 Å². The normalized spacial score (nSPS) is 23.5. The number of hydroxylamine groups is 2. The lowest BCUT2D eigenvalue weighted by atomic mass is 9.87. The first-order valence-electron chi connectivity index (χ1n) is 8.73. The second kappa shape index (κ2) is 6.92. The number of nitrogens with zero attached hydrogens (tertiary/aromatic N) is 3. The zero-order valence-corrected chi connectivity index (χ0v) is 15.8. The van der Waals surface area contributed by atoms with Crippen LogP contribution in [0.5, 0.6) is 0 Å². The van der Waals surface area contributed by atoms with E-state index in [2.05, 4.69) is 4.98 Å². The van der Waals surface area contributed by atoms with Crippen LogP contribution in [0.15, 0.2) is 84.3 Å². The molecule has 0 amide bonds. The second-order valence-electron chi connectivity index (χ2n) is 6.73. The summed E-state index contributed by atoms with van der Waals surface area (Å²) in [6.45, 7) is 0.536. The van der Waals surface area contributed by atoms with E-state index < -0.39 is 20.8 Å². The summed E-state index contributed by atoms with van der Waals surface area (Å²) in [6.07, 6.45) is 5.64. The highest BCUT2D eigenvalue weighted by molar-refractivity contribution is 7.92. The Morgan fingerprint density at radius 1 is 1.11 bits per heavy atom. The predicted octanol–water partition coefficient (Wildman–Crippen LogP) is 2.85. The molecule has 2 atom stereocenters. The fourth-order valence-electron chi connectivity index (χ4n) is 3.63. The molecule has 4 rings (SSSR count). The molecule has 1 fully saturated rings. The summed E-state index contributed by atoms with van der Waals surface area (Å²) in [5, 5.41) is 1.69. The molecule has 0 bridgehead atoms. The average Bonchev–Trinajstić information content (AvgIpc) is 3.32. The maximum absolute atomic E-state index is 13.1. The molecule has 0 aliphatic carbocycles. The number of hydrogen-bond donors (Lipinski definition) is 0. The highest BCUT2D eigenvalue weighted by Gasteiger charge is 2.51. The minimum atomic E-state index is -3.62. The Morgan fingerprint density at radius 2 is 1.78 bits per heavy atom. The highest BCUT2D eigenvalue weighted by atomic mass is 32.2. The van der Waals surface area contributed by atoms with Gasteiger partial charge in [-0.05, 0) is 17.7 Å². The highest BCUT2D eigenvalue weighted by Crippen LogP contribution is 2.43. The van der Waals surface area contributed by atoms with Crippen molar-refractivity contribution < 1.29 is 13.3 Å². The number of hydrogen-bond acceptors (Lipinski definition) is 5. The standard InChI is InChI=1S/C20H21N3O3S/c1-22-20(15-23-13-12-21-16-23,17-8-4-2-5-9-17)14-19(26-22)27(24,25)18-10-6-3-7-11-18/h2-13,16,19H,14-15H2,1H3/t19-,20+/m0/s1. The number of aromatic nitrogens is 2. The molecule has 3 aromatic rings. The third kappa shape index (κ3) is 3.18. The zero-order valence-electron chi connectivity index (χ0n) is 15.0. The molecule has 2 aromatic carbocycles. The molecule has 0 saturated carbocycles. The molecule has 1 saturated heterocycles. The molecule has 0 N–H and O–H groups in total.